The summed E-state index contributed by atoms with van der Waals surface area (Å²) in [4.78, 5) is 28.5. The number of nitrogens with one attached hydrogen (secondary N) is 1. The average molecular weight is 554 g/mol. The van der Waals surface area contributed by atoms with Crippen LogP contribution in [0, 0.1) is 0 Å². The summed E-state index contributed by atoms with van der Waals surface area (Å²) in [6, 6.07) is 21.0. The van der Waals surface area contributed by atoms with Crippen molar-refractivity contribution in [1.82, 2.24) is 10.2 Å². The van der Waals surface area contributed by atoms with E-state index >= 15 is 0 Å². The van der Waals surface area contributed by atoms with Crippen molar-refractivity contribution in [3.05, 3.63) is 84.4 Å². The van der Waals surface area contributed by atoms with E-state index in [1.807, 2.05) is 37.3 Å². The van der Waals surface area contributed by atoms with Gasteiger partial charge in [-0.1, -0.05) is 55.5 Å². The quantitative estimate of drug-likeness (QED) is 0.345. The molecule has 0 aliphatic rings. The standard InChI is InChI=1S/C29H35N3O6S/c1-5-25(29(34)30-6-2)31(20-22-13-9-7-10-14-22)28(33)21-32(39(35,36)24-15-11-8-12-16-24)26-19-23(37-3)17-18-27(26)38-4/h7-19,25H,5-6,20-21H2,1-4H3,(H,30,34)/t25-/m1/s1. The first-order valence-corrected chi connectivity index (χ1v) is 14.1. The molecule has 3 aromatic carbocycles. The zero-order valence-electron chi connectivity index (χ0n) is 22.7. The number of sulfonamides is 1. The van der Waals surface area contributed by atoms with Gasteiger partial charge in [0.2, 0.25) is 11.8 Å². The van der Waals surface area contributed by atoms with Gasteiger partial charge in [-0.05, 0) is 43.2 Å². The Hall–Kier alpha value is -4.05. The normalized spacial score (nSPS) is 11.8. The van der Waals surface area contributed by atoms with Gasteiger partial charge in [-0.25, -0.2) is 8.42 Å². The SMILES string of the molecule is CCNC(=O)[C@@H](CC)N(Cc1ccccc1)C(=O)CN(c1cc(OC)ccc1OC)S(=O)(=O)c1ccccc1. The Morgan fingerprint density at radius 3 is 2.10 bits per heavy atom. The van der Waals surface area contributed by atoms with Gasteiger partial charge in [0, 0.05) is 19.2 Å². The van der Waals surface area contributed by atoms with Crippen molar-refractivity contribution in [3.8, 4) is 11.5 Å². The van der Waals surface area contributed by atoms with Crippen molar-refractivity contribution in [3.63, 3.8) is 0 Å². The number of ether oxygens (including phenoxy) is 2. The molecule has 0 saturated heterocycles. The van der Waals surface area contributed by atoms with Crippen LogP contribution in [0.15, 0.2) is 83.8 Å². The molecule has 0 fully saturated rings. The molecule has 9 nitrogen and oxygen atoms in total. The minimum absolute atomic E-state index is 0.00745. The first-order chi connectivity index (χ1) is 18.8. The molecular weight excluding hydrogens is 518 g/mol. The molecular formula is C29H35N3O6S. The minimum atomic E-state index is -4.23. The Kier molecular flexibility index (Phi) is 10.3. The van der Waals surface area contributed by atoms with Gasteiger partial charge in [0.25, 0.3) is 10.0 Å². The fourth-order valence-electron chi connectivity index (χ4n) is 4.22. The third-order valence-corrected chi connectivity index (χ3v) is 7.97. The van der Waals surface area contributed by atoms with Crippen molar-refractivity contribution in [2.24, 2.45) is 0 Å². The molecule has 2 amide bonds. The van der Waals surface area contributed by atoms with E-state index in [4.69, 9.17) is 9.47 Å². The minimum Gasteiger partial charge on any atom is -0.497 e. The van der Waals surface area contributed by atoms with E-state index in [1.54, 1.807) is 37.3 Å². The van der Waals surface area contributed by atoms with Crippen molar-refractivity contribution in [2.75, 3.05) is 31.6 Å². The summed E-state index contributed by atoms with van der Waals surface area (Å²) >= 11 is 0. The highest BCUT2D eigenvalue weighted by molar-refractivity contribution is 7.92. The summed E-state index contributed by atoms with van der Waals surface area (Å²) in [6.45, 7) is 3.58. The second kappa shape index (κ2) is 13.7. The van der Waals surface area contributed by atoms with Gasteiger partial charge in [0.15, 0.2) is 0 Å². The Morgan fingerprint density at radius 2 is 1.54 bits per heavy atom. The van der Waals surface area contributed by atoms with Crippen LogP contribution in [0.3, 0.4) is 0 Å². The van der Waals surface area contributed by atoms with Gasteiger partial charge < -0.3 is 19.7 Å². The van der Waals surface area contributed by atoms with E-state index in [-0.39, 0.29) is 28.8 Å². The second-order valence-corrected chi connectivity index (χ2v) is 10.6. The van der Waals surface area contributed by atoms with Gasteiger partial charge in [0.1, 0.15) is 24.1 Å². The number of anilines is 1. The van der Waals surface area contributed by atoms with Gasteiger partial charge in [-0.15, -0.1) is 0 Å². The van der Waals surface area contributed by atoms with Crippen LogP contribution in [0.4, 0.5) is 5.69 Å². The average Bonchev–Trinajstić information content (AvgIpc) is 2.96. The topological polar surface area (TPSA) is 105 Å². The van der Waals surface area contributed by atoms with Crippen LogP contribution < -0.4 is 19.1 Å². The lowest BCUT2D eigenvalue weighted by molar-refractivity contribution is -0.140. The maximum Gasteiger partial charge on any atom is 0.264 e. The van der Waals surface area contributed by atoms with E-state index in [9.17, 15) is 18.0 Å². The smallest absolute Gasteiger partial charge is 0.264 e. The zero-order valence-corrected chi connectivity index (χ0v) is 23.5. The van der Waals surface area contributed by atoms with Crippen molar-refractivity contribution < 1.29 is 27.5 Å². The van der Waals surface area contributed by atoms with Crippen LogP contribution in [0.1, 0.15) is 25.8 Å². The molecule has 3 aromatic rings. The Morgan fingerprint density at radius 1 is 0.897 bits per heavy atom. The highest BCUT2D eigenvalue weighted by atomic mass is 32.2. The Balaban J connectivity index is 2.13. The number of hydrogen-bond donors (Lipinski definition) is 1. The third kappa shape index (κ3) is 7.08. The monoisotopic (exact) mass is 553 g/mol. The third-order valence-electron chi connectivity index (χ3n) is 6.20. The summed E-state index contributed by atoms with van der Waals surface area (Å²) in [5.41, 5.74) is 0.949. The second-order valence-electron chi connectivity index (χ2n) is 8.69. The molecule has 0 aliphatic carbocycles. The lowest BCUT2D eigenvalue weighted by Gasteiger charge is -2.33. The fraction of sp³-hybridized carbons (Fsp3) is 0.310. The molecule has 0 spiro atoms. The zero-order chi connectivity index (χ0) is 28.4. The Labute approximate surface area is 230 Å². The van der Waals surface area contributed by atoms with Crippen LogP contribution in [0.5, 0.6) is 11.5 Å². The molecule has 0 aliphatic heterocycles. The van der Waals surface area contributed by atoms with Crippen molar-refractivity contribution in [1.29, 1.82) is 0 Å². The first-order valence-electron chi connectivity index (χ1n) is 12.7. The largest absolute Gasteiger partial charge is 0.497 e. The lowest BCUT2D eigenvalue weighted by Crippen LogP contribution is -2.52. The molecule has 0 aromatic heterocycles. The maximum absolute atomic E-state index is 14.0. The highest BCUT2D eigenvalue weighted by Gasteiger charge is 2.34. The summed E-state index contributed by atoms with van der Waals surface area (Å²) in [7, 11) is -1.34. The van der Waals surface area contributed by atoms with Gasteiger partial charge in [0.05, 0.1) is 24.8 Å². The highest BCUT2D eigenvalue weighted by Crippen LogP contribution is 2.36. The summed E-state index contributed by atoms with van der Waals surface area (Å²) in [6.07, 6.45) is 0.346. The summed E-state index contributed by atoms with van der Waals surface area (Å²) in [5.74, 6) is -0.211. The fourth-order valence-corrected chi connectivity index (χ4v) is 5.65. The van der Waals surface area contributed by atoms with Gasteiger partial charge in [-0.2, -0.15) is 0 Å². The summed E-state index contributed by atoms with van der Waals surface area (Å²) in [5, 5.41) is 2.79. The molecule has 1 N–H and O–H groups in total. The number of rotatable bonds is 13. The molecule has 0 saturated carbocycles. The number of hydrogen-bond acceptors (Lipinski definition) is 6. The number of carbonyl (C=O) groups excluding carboxylic acids is 2. The van der Waals surface area contributed by atoms with Crippen LogP contribution in [-0.4, -0.2) is 58.5 Å². The molecule has 10 heteroatoms. The number of benzene rings is 3. The van der Waals surface area contributed by atoms with E-state index in [0.29, 0.717) is 18.7 Å². The molecule has 0 unspecified atom stereocenters. The molecule has 208 valence electrons. The maximum atomic E-state index is 14.0. The number of methoxy groups -OCH3 is 2. The van der Waals surface area contributed by atoms with Crippen LogP contribution in [0.2, 0.25) is 0 Å². The van der Waals surface area contributed by atoms with E-state index in [1.165, 1.54) is 37.3 Å². The molecule has 1 atom stereocenters. The first kappa shape index (κ1) is 29.5. The van der Waals surface area contributed by atoms with Crippen molar-refractivity contribution >= 4 is 27.5 Å². The molecule has 0 heterocycles. The van der Waals surface area contributed by atoms with E-state index in [0.717, 1.165) is 9.87 Å². The molecule has 39 heavy (non-hydrogen) atoms. The number of likely N-dealkylation sites (N-methyl/N-ethyl adjacent to an activating group) is 1. The molecule has 0 bridgehead atoms. The van der Waals surface area contributed by atoms with Crippen LogP contribution >= 0.6 is 0 Å². The van der Waals surface area contributed by atoms with Gasteiger partial charge in [-0.3, -0.25) is 13.9 Å². The van der Waals surface area contributed by atoms with Crippen LogP contribution in [0.25, 0.3) is 0 Å². The predicted molar refractivity (Wildman–Crippen MR) is 150 cm³/mol. The van der Waals surface area contributed by atoms with Crippen LogP contribution in [-0.2, 0) is 26.2 Å². The van der Waals surface area contributed by atoms with Gasteiger partial charge >= 0.3 is 0 Å². The number of nitrogens with zero attached hydrogens (tertiary/aromatic N) is 2. The number of amides is 2. The predicted octanol–water partition coefficient (Wildman–Crippen LogP) is 3.84. The molecule has 0 radical (unpaired) electrons. The molecule has 3 rings (SSSR count). The lowest BCUT2D eigenvalue weighted by atomic mass is 10.1. The van der Waals surface area contributed by atoms with E-state index in [2.05, 4.69) is 5.32 Å². The number of carbonyl (C=O) groups is 2. The summed E-state index contributed by atoms with van der Waals surface area (Å²) < 4.78 is 39.8. The Bertz CT molecular complexity index is 1350. The van der Waals surface area contributed by atoms with Crippen molar-refractivity contribution in [2.45, 2.75) is 37.8 Å². The van der Waals surface area contributed by atoms with E-state index < -0.39 is 28.5 Å².